The molecule has 65 heavy (non-hydrogen) atoms. The van der Waals surface area contributed by atoms with E-state index in [4.69, 9.17) is 29.4 Å². The zero-order valence-corrected chi connectivity index (χ0v) is 43.2. The van der Waals surface area contributed by atoms with E-state index in [1.807, 2.05) is 60.7 Å². The topological polar surface area (TPSA) is 206 Å². The molecule has 1 N–H and O–H groups in total. The number of halogens is 1. The molecule has 0 radical (unpaired) electrons. The van der Waals surface area contributed by atoms with Crippen LogP contribution in [0.3, 0.4) is 0 Å². The number of hydrogen-bond acceptors (Lipinski definition) is 13. The van der Waals surface area contributed by atoms with E-state index in [1.54, 1.807) is 60.7 Å². The fourth-order valence-electron chi connectivity index (χ4n) is 8.34. The van der Waals surface area contributed by atoms with Crippen molar-refractivity contribution in [1.82, 2.24) is 9.80 Å². The van der Waals surface area contributed by atoms with E-state index < -0.39 is 0 Å². The van der Waals surface area contributed by atoms with E-state index in [0.29, 0.717) is 39.9 Å². The number of rotatable bonds is 11. The zero-order valence-electron chi connectivity index (χ0n) is 36.3. The number of likely N-dealkylation sites (tertiary alicyclic amines) is 2. The van der Waals surface area contributed by atoms with Crippen LogP contribution < -0.4 is 113 Å². The summed E-state index contributed by atoms with van der Waals surface area (Å²) in [6, 6.07) is 31.3. The molecule has 4 saturated heterocycles. The average molecular weight is 1000 g/mol. The van der Waals surface area contributed by atoms with Crippen LogP contribution in [0.2, 0.25) is 0 Å². The number of fused-ring (bicyclic) bond motifs is 10. The van der Waals surface area contributed by atoms with Crippen LogP contribution in [0, 0.1) is 23.7 Å². The van der Waals surface area contributed by atoms with Crippen LogP contribution in [0.1, 0.15) is 33.3 Å². The second-order valence-electron chi connectivity index (χ2n) is 14.9. The molecule has 6 heterocycles. The van der Waals surface area contributed by atoms with Gasteiger partial charge >= 0.3 is 103 Å². The zero-order chi connectivity index (χ0) is 44.6. The maximum atomic E-state index is 12.6. The Morgan fingerprint density at radius 1 is 0.600 bits per heavy atom. The van der Waals surface area contributed by atoms with Crippen molar-refractivity contribution in [1.29, 1.82) is 0 Å². The quantitative estimate of drug-likeness (QED) is 0.0247. The smallest absolute Gasteiger partial charge is 1.00 e. The van der Waals surface area contributed by atoms with E-state index in [0.717, 1.165) is 0 Å². The SMILES string of the molecule is O=C(c1ccccc1)c1ccc(O)cc1.O=C(c1ccccc1)c1ccc(OCCN2C(=O)C3C4C=CC(O4)C3C2=O)cc1.O=C1C2C3C=CC(O3)C2C(=O)N1CCBr.O=CO[O-].[H-].[K+].[K+]. The van der Waals surface area contributed by atoms with Crippen molar-refractivity contribution < 1.29 is 167 Å². The molecule has 0 saturated carbocycles. The number of alkyl halides is 1. The van der Waals surface area contributed by atoms with Gasteiger partial charge in [0.1, 0.15) is 18.1 Å². The third-order valence-electron chi connectivity index (χ3n) is 11.3. The molecule has 4 aromatic carbocycles. The number of phenolic OH excluding ortho intramolecular Hbond substituents is 1. The summed E-state index contributed by atoms with van der Waals surface area (Å²) in [5.74, 6) is -1.12. The molecular weight excluding hydrogens is 959 g/mol. The van der Waals surface area contributed by atoms with Crippen LogP contribution in [-0.2, 0) is 38.3 Å². The predicted octanol–water partition coefficient (Wildman–Crippen LogP) is -2.27. The number of benzene rings is 4. The van der Waals surface area contributed by atoms with Crippen molar-refractivity contribution >= 4 is 57.6 Å². The van der Waals surface area contributed by atoms with Crippen LogP contribution in [0.4, 0.5) is 0 Å². The molecule has 0 spiro atoms. The van der Waals surface area contributed by atoms with Crippen molar-refractivity contribution in [2.24, 2.45) is 23.7 Å². The number of carbonyl (C=O) groups is 7. The molecule has 326 valence electrons. The van der Waals surface area contributed by atoms with Gasteiger partial charge in [0.25, 0.3) is 6.47 Å². The summed E-state index contributed by atoms with van der Waals surface area (Å²) in [7, 11) is 0. The first-order chi connectivity index (χ1) is 30.6. The molecular formula is C47H41BrK2N2O13. The molecule has 4 aromatic rings. The van der Waals surface area contributed by atoms with Crippen molar-refractivity contribution in [3.05, 3.63) is 156 Å². The maximum Gasteiger partial charge on any atom is 1.00 e. The minimum absolute atomic E-state index is 0. The molecule has 6 aliphatic rings. The largest absolute Gasteiger partial charge is 1.00 e. The third kappa shape index (κ3) is 11.9. The first-order valence-corrected chi connectivity index (χ1v) is 21.1. The van der Waals surface area contributed by atoms with Gasteiger partial charge in [-0.3, -0.25) is 43.4 Å². The van der Waals surface area contributed by atoms with Gasteiger partial charge in [-0.1, -0.05) is 101 Å². The predicted molar refractivity (Wildman–Crippen MR) is 225 cm³/mol. The van der Waals surface area contributed by atoms with Gasteiger partial charge < -0.3 is 30.9 Å². The normalized spacial score (nSPS) is 24.2. The van der Waals surface area contributed by atoms with Gasteiger partial charge in [-0.2, -0.15) is 0 Å². The Morgan fingerprint density at radius 2 is 0.938 bits per heavy atom. The number of carbonyl (C=O) groups excluding carboxylic acids is 7. The Bertz CT molecular complexity index is 2350. The van der Waals surface area contributed by atoms with Gasteiger partial charge in [0.2, 0.25) is 23.6 Å². The number of aromatic hydroxyl groups is 1. The molecule has 18 heteroatoms. The Labute approximate surface area is 468 Å². The van der Waals surface area contributed by atoms with E-state index >= 15 is 0 Å². The van der Waals surface area contributed by atoms with Crippen molar-refractivity contribution in [3.63, 3.8) is 0 Å². The second kappa shape index (κ2) is 24.6. The standard InChI is InChI=1S/C23H19NO5.C13H10O2.C10H10BrNO3.CH2O3.2K.H/c25-21(14-4-2-1-3-5-14)15-6-8-16(9-7-15)28-13-12-24-22(26)19-17-10-11-18(29-17)20(19)23(24)27;14-12-8-6-11(7-9-12)13(15)10-4-2-1-3-5-10;11-3-4-12-9(13)7-5-1-2-6(15-5)8(7)10(12)14;2-1-4-3;;;/h1-11,17-20H,12-13H2;1-9,14H;1-2,5-8H,3-4H2;1,3H;;;/q;;;;2*+1;-1/p-1. The van der Waals surface area contributed by atoms with Gasteiger partial charge in [0.15, 0.2) is 11.6 Å². The fraction of sp³-hybridized carbons (Fsp3) is 0.255. The molecule has 0 aliphatic carbocycles. The molecule has 8 atom stereocenters. The molecule has 0 aromatic heterocycles. The number of ether oxygens (including phenoxy) is 3. The van der Waals surface area contributed by atoms with E-state index in [1.165, 1.54) is 21.9 Å². The number of nitrogens with zero attached hydrogens (tertiary/aromatic N) is 2. The number of imide groups is 2. The van der Waals surface area contributed by atoms with Crippen molar-refractivity contribution in [3.8, 4) is 11.5 Å². The van der Waals surface area contributed by atoms with Gasteiger partial charge in [-0.05, 0) is 48.5 Å². The van der Waals surface area contributed by atoms with E-state index in [-0.39, 0.29) is 213 Å². The molecule has 8 unspecified atom stereocenters. The Kier molecular flexibility index (Phi) is 19.9. The number of ketones is 2. The van der Waals surface area contributed by atoms with Gasteiger partial charge in [-0.25, -0.2) is 0 Å². The molecule has 4 bridgehead atoms. The third-order valence-corrected chi connectivity index (χ3v) is 11.6. The van der Waals surface area contributed by atoms with E-state index in [9.17, 15) is 28.8 Å². The minimum Gasteiger partial charge on any atom is -1.00 e. The summed E-state index contributed by atoms with van der Waals surface area (Å²) in [5.41, 5.74) is 2.44. The summed E-state index contributed by atoms with van der Waals surface area (Å²) < 4.78 is 16.8. The Morgan fingerprint density at radius 3 is 1.29 bits per heavy atom. The first-order valence-electron chi connectivity index (χ1n) is 19.9. The summed E-state index contributed by atoms with van der Waals surface area (Å²) in [5, 5.41) is 18.2. The second-order valence-corrected chi connectivity index (χ2v) is 15.6. The van der Waals surface area contributed by atoms with Crippen LogP contribution >= 0.6 is 15.9 Å². The molecule has 15 nitrogen and oxygen atoms in total. The molecule has 10 rings (SSSR count). The first kappa shape index (κ1) is 52.6. The van der Waals surface area contributed by atoms with Crippen LogP contribution in [0.15, 0.2) is 133 Å². The Hall–Kier alpha value is -3.32. The summed E-state index contributed by atoms with van der Waals surface area (Å²) in [6.07, 6.45) is 6.64. The monoisotopic (exact) mass is 998 g/mol. The van der Waals surface area contributed by atoms with Gasteiger partial charge in [-0.15, -0.1) is 0 Å². The Balaban J connectivity index is 0.000000219. The average Bonchev–Trinajstić information content (AvgIpc) is 4.20. The van der Waals surface area contributed by atoms with Crippen LogP contribution in [0.5, 0.6) is 11.5 Å². The minimum atomic E-state index is -0.388. The number of hydrogen-bond donors (Lipinski definition) is 1. The molecule has 4 fully saturated rings. The van der Waals surface area contributed by atoms with Crippen LogP contribution in [0.25, 0.3) is 0 Å². The van der Waals surface area contributed by atoms with Crippen LogP contribution in [-0.4, -0.2) is 106 Å². The molecule has 6 aliphatic heterocycles. The van der Waals surface area contributed by atoms with Gasteiger partial charge in [0, 0.05) is 34.1 Å². The van der Waals surface area contributed by atoms with Crippen molar-refractivity contribution in [2.75, 3.05) is 25.0 Å². The summed E-state index contributed by atoms with van der Waals surface area (Å²) in [4.78, 5) is 87.3. The fourth-order valence-corrected chi connectivity index (χ4v) is 8.69. The molecule has 4 amide bonds. The summed E-state index contributed by atoms with van der Waals surface area (Å²) >= 11 is 3.25. The van der Waals surface area contributed by atoms with Gasteiger partial charge in [0.05, 0.1) is 54.6 Å². The van der Waals surface area contributed by atoms with Crippen molar-refractivity contribution in [2.45, 2.75) is 24.4 Å². The maximum absolute atomic E-state index is 12.6. The van der Waals surface area contributed by atoms with E-state index in [2.05, 4.69) is 20.8 Å². The summed E-state index contributed by atoms with van der Waals surface area (Å²) in [6.45, 7) is 0.686. The number of amides is 4. The number of phenols is 1.